The molecule has 0 bridgehead atoms. The standard InChI is InChI=1S/C52H69ClF3N8O19P/c53-51-60-48(39-27-59-64(49(39)61-51)50-46(67)45(66)43(82-50)30-80-34-84(68,69)70)62-31-52(32-62)40-4-3-35(24-36(40)29-81-52)2-1-7-71-10-13-74-16-19-77-20-21-78-22-23-79-33-63(58)28-38(57)5-8-72-11-14-75-17-18-76-15-12-73-9-6-44(65)83-47-41(55)25-37(54)26-42(47)56/h3-4,24-28,43,45-46,50,66-67H,5-23,29-34,57-58H2,(H2,68,69,70)/b38-28-/t43-,45-,46-,50-/m1/s1. The fourth-order valence-corrected chi connectivity index (χ4v) is 9.11. The number of ether oxygens (including phenoxy) is 13. The summed E-state index contributed by atoms with van der Waals surface area (Å²) in [5.41, 5.74) is 9.09. The van der Waals surface area contributed by atoms with Crippen LogP contribution in [0.4, 0.5) is 19.0 Å². The van der Waals surface area contributed by atoms with Gasteiger partial charge in [0.2, 0.25) is 11.0 Å². The molecule has 3 aliphatic rings. The predicted octanol–water partition coefficient (Wildman–Crippen LogP) is 1.73. The van der Waals surface area contributed by atoms with Crippen molar-refractivity contribution in [2.24, 2.45) is 11.6 Å². The third kappa shape index (κ3) is 20.5. The van der Waals surface area contributed by atoms with Crippen molar-refractivity contribution in [3.63, 3.8) is 0 Å². The molecule has 0 amide bonds. The summed E-state index contributed by atoms with van der Waals surface area (Å²) in [6.45, 7) is 6.23. The monoisotopic (exact) mass is 1230 g/mol. The quantitative estimate of drug-likeness (QED) is 0.00428. The van der Waals surface area contributed by atoms with Gasteiger partial charge in [0.1, 0.15) is 55.2 Å². The molecule has 84 heavy (non-hydrogen) atoms. The number of fused-ring (bicyclic) bond motifs is 3. The first-order chi connectivity index (χ1) is 40.5. The second-order valence-corrected chi connectivity index (χ2v) is 20.9. The first-order valence-corrected chi connectivity index (χ1v) is 28.8. The minimum absolute atomic E-state index is 0.0637. The van der Waals surface area contributed by atoms with Crippen molar-refractivity contribution in [1.29, 1.82) is 0 Å². The number of aromatic nitrogens is 4. The second-order valence-electron chi connectivity index (χ2n) is 18.9. The Balaban J connectivity index is 0.635. The molecule has 2 aromatic carbocycles. The summed E-state index contributed by atoms with van der Waals surface area (Å²) < 4.78 is 124. The number of nitrogens with two attached hydrogens (primary N) is 2. The number of benzene rings is 2. The molecular formula is C52H69ClF3N8O19P. The van der Waals surface area contributed by atoms with Crippen molar-refractivity contribution in [3.8, 4) is 17.6 Å². The largest absolute Gasteiger partial charge is 0.420 e. The van der Waals surface area contributed by atoms with E-state index in [9.17, 15) is 32.7 Å². The van der Waals surface area contributed by atoms with E-state index in [2.05, 4.69) is 31.6 Å². The van der Waals surface area contributed by atoms with E-state index in [-0.39, 0.29) is 57.1 Å². The first kappa shape index (κ1) is 66.3. The van der Waals surface area contributed by atoms with Crippen LogP contribution in [0.15, 0.2) is 48.4 Å². The Morgan fingerprint density at radius 3 is 2.01 bits per heavy atom. The van der Waals surface area contributed by atoms with Crippen LogP contribution in [0.2, 0.25) is 5.28 Å². The molecule has 4 atom stereocenters. The van der Waals surface area contributed by atoms with Gasteiger partial charge in [-0.15, -0.1) is 0 Å². The van der Waals surface area contributed by atoms with E-state index in [4.69, 9.17) is 89.8 Å². The normalized spacial score (nSPS) is 18.3. The molecule has 0 radical (unpaired) electrons. The average molecular weight is 1230 g/mol. The van der Waals surface area contributed by atoms with Crippen molar-refractivity contribution in [2.75, 3.05) is 150 Å². The van der Waals surface area contributed by atoms with Gasteiger partial charge in [0.25, 0.3) is 0 Å². The molecule has 2 aromatic heterocycles. The zero-order valence-electron chi connectivity index (χ0n) is 45.7. The van der Waals surface area contributed by atoms with E-state index in [1.807, 2.05) is 23.1 Å². The van der Waals surface area contributed by atoms with Crippen LogP contribution in [-0.2, 0) is 78.4 Å². The van der Waals surface area contributed by atoms with E-state index in [0.29, 0.717) is 141 Å². The molecule has 4 aromatic rings. The van der Waals surface area contributed by atoms with Crippen molar-refractivity contribution >= 4 is 42.0 Å². The highest BCUT2D eigenvalue weighted by atomic mass is 35.5. The Labute approximate surface area is 486 Å². The molecule has 27 nitrogen and oxygen atoms in total. The Hall–Kier alpha value is -5.21. The van der Waals surface area contributed by atoms with Crippen molar-refractivity contribution in [1.82, 2.24) is 24.8 Å². The van der Waals surface area contributed by atoms with Gasteiger partial charge in [0, 0.05) is 36.0 Å². The van der Waals surface area contributed by atoms with Gasteiger partial charge in [-0.3, -0.25) is 14.4 Å². The maximum Gasteiger partial charge on any atom is 0.350 e. The number of nitrogens with zero attached hydrogens (tertiary/aromatic N) is 6. The number of aliphatic hydroxyl groups excluding tert-OH is 2. The number of aliphatic hydroxyl groups is 2. The summed E-state index contributed by atoms with van der Waals surface area (Å²) in [5.74, 6) is 6.96. The summed E-state index contributed by atoms with van der Waals surface area (Å²) in [6, 6.07) is 6.80. The molecule has 2 fully saturated rings. The van der Waals surface area contributed by atoms with E-state index >= 15 is 0 Å². The summed E-state index contributed by atoms with van der Waals surface area (Å²) in [7, 11) is -4.45. The lowest BCUT2D eigenvalue weighted by atomic mass is 9.84. The van der Waals surface area contributed by atoms with Crippen molar-refractivity contribution < 1.29 is 104 Å². The number of rotatable bonds is 38. The first-order valence-electron chi connectivity index (χ1n) is 26.6. The highest BCUT2D eigenvalue weighted by Gasteiger charge is 2.51. The Bertz CT molecular complexity index is 2860. The third-order valence-electron chi connectivity index (χ3n) is 12.6. The molecule has 2 saturated heterocycles. The van der Waals surface area contributed by atoms with E-state index < -0.39 is 73.3 Å². The molecule has 3 aliphatic heterocycles. The van der Waals surface area contributed by atoms with Crippen LogP contribution in [0.25, 0.3) is 11.0 Å². The van der Waals surface area contributed by atoms with Gasteiger partial charge < -0.3 is 92.2 Å². The number of hydrogen-bond donors (Lipinski definition) is 6. The molecule has 32 heteroatoms. The van der Waals surface area contributed by atoms with Crippen molar-refractivity contribution in [3.05, 3.63) is 87.9 Å². The lowest BCUT2D eigenvalue weighted by Gasteiger charge is -2.48. The number of carbonyl (C=O) groups is 1. The Kier molecular flexibility index (Phi) is 26.6. The number of anilines is 1. The van der Waals surface area contributed by atoms with Gasteiger partial charge in [0.15, 0.2) is 23.5 Å². The fourth-order valence-electron chi connectivity index (χ4n) is 8.60. The van der Waals surface area contributed by atoms with Crippen LogP contribution >= 0.6 is 19.2 Å². The van der Waals surface area contributed by atoms with Crippen LogP contribution in [0.1, 0.15) is 35.8 Å². The van der Waals surface area contributed by atoms with E-state index in [1.165, 1.54) is 15.9 Å². The third-order valence-corrected chi connectivity index (χ3v) is 13.3. The molecule has 7 rings (SSSR count). The molecular weight excluding hydrogens is 1160 g/mol. The minimum Gasteiger partial charge on any atom is -0.420 e. The maximum atomic E-state index is 13.6. The van der Waals surface area contributed by atoms with Crippen molar-refractivity contribution in [2.45, 2.75) is 49.6 Å². The second kappa shape index (κ2) is 33.6. The lowest BCUT2D eigenvalue weighted by Crippen LogP contribution is -2.59. The number of hydrogen-bond acceptors (Lipinski definition) is 24. The lowest BCUT2D eigenvalue weighted by molar-refractivity contribution is -0.136. The highest BCUT2D eigenvalue weighted by molar-refractivity contribution is 7.51. The van der Waals surface area contributed by atoms with Crippen LogP contribution in [0, 0.1) is 29.3 Å². The molecule has 8 N–H and O–H groups in total. The van der Waals surface area contributed by atoms with Gasteiger partial charge in [-0.2, -0.15) is 15.1 Å². The molecule has 5 heterocycles. The van der Waals surface area contributed by atoms with Crippen LogP contribution in [-0.4, -0.2) is 214 Å². The fraction of sp³-hybridized carbons (Fsp3) is 0.577. The smallest absolute Gasteiger partial charge is 0.350 e. The SMILES string of the molecule is N/C(=C\N(N)COCCOCCOCCOCCOCC#Cc1ccc2c(c1)COC21CN(c2nc(Cl)nc3c2cnn3[C@@H]2O[C@H](COCP(=O)(O)O)[C@@H](O)[C@H]2O)C1)CCOCCOCCOCCOCCC(=O)Oc1c(F)cc(F)cc1F. The predicted molar refractivity (Wildman–Crippen MR) is 288 cm³/mol. The summed E-state index contributed by atoms with van der Waals surface area (Å²) in [6.07, 6.45) is -2.81. The Morgan fingerprint density at radius 1 is 0.810 bits per heavy atom. The average Bonchev–Trinajstić information content (AvgIpc) is 1.64. The molecule has 1 spiro atoms. The van der Waals surface area contributed by atoms with Gasteiger partial charge in [-0.25, -0.2) is 23.7 Å². The molecule has 0 aliphatic carbocycles. The summed E-state index contributed by atoms with van der Waals surface area (Å²) in [5, 5.41) is 27.5. The molecule has 0 unspecified atom stereocenters. The number of halogens is 4. The van der Waals surface area contributed by atoms with Gasteiger partial charge >= 0.3 is 13.6 Å². The Morgan fingerprint density at radius 2 is 1.39 bits per heavy atom. The van der Waals surface area contributed by atoms with E-state index in [1.54, 1.807) is 6.20 Å². The van der Waals surface area contributed by atoms with Gasteiger partial charge in [-0.05, 0) is 34.9 Å². The van der Waals surface area contributed by atoms with Gasteiger partial charge in [0.05, 0.1) is 150 Å². The molecule has 0 saturated carbocycles. The van der Waals surface area contributed by atoms with Gasteiger partial charge in [-0.1, -0.05) is 17.9 Å². The number of hydrazine groups is 1. The van der Waals surface area contributed by atoms with Crippen LogP contribution in [0.5, 0.6) is 5.75 Å². The number of esters is 1. The summed E-state index contributed by atoms with van der Waals surface area (Å²) >= 11 is 6.38. The summed E-state index contributed by atoms with van der Waals surface area (Å²) in [4.78, 5) is 40.7. The highest BCUT2D eigenvalue weighted by Crippen LogP contribution is 2.46. The van der Waals surface area contributed by atoms with Crippen LogP contribution < -0.4 is 21.2 Å². The molecule has 464 valence electrons. The topological polar surface area (TPSA) is 337 Å². The maximum absolute atomic E-state index is 13.6. The minimum atomic E-state index is -4.45. The van der Waals surface area contributed by atoms with E-state index in [0.717, 1.165) is 16.7 Å². The van der Waals surface area contributed by atoms with Crippen LogP contribution in [0.3, 0.4) is 0 Å². The zero-order valence-corrected chi connectivity index (χ0v) is 47.4. The zero-order chi connectivity index (χ0) is 59.9. The number of carbonyl (C=O) groups excluding carboxylic acids is 1.